The van der Waals surface area contributed by atoms with Gasteiger partial charge in [-0.2, -0.15) is 0 Å². The molecule has 1 aromatic rings. The monoisotopic (exact) mass is 292 g/mol. The summed E-state index contributed by atoms with van der Waals surface area (Å²) in [6.07, 6.45) is 1.05. The van der Waals surface area contributed by atoms with Crippen LogP contribution < -0.4 is 15.8 Å². The van der Waals surface area contributed by atoms with E-state index < -0.39 is 6.04 Å². The van der Waals surface area contributed by atoms with Crippen LogP contribution in [0, 0.1) is 5.92 Å². The Morgan fingerprint density at radius 3 is 2.24 bits per heavy atom. The summed E-state index contributed by atoms with van der Waals surface area (Å²) in [6.45, 7) is 9.97. The first-order valence-corrected chi connectivity index (χ1v) is 7.67. The van der Waals surface area contributed by atoms with Gasteiger partial charge in [0.25, 0.3) is 0 Å². The average molecular weight is 292 g/mol. The molecule has 0 saturated carbocycles. The first kappa shape index (κ1) is 17.5. The van der Waals surface area contributed by atoms with E-state index in [0.29, 0.717) is 0 Å². The van der Waals surface area contributed by atoms with Crippen LogP contribution >= 0.6 is 0 Å². The lowest BCUT2D eigenvalue weighted by molar-refractivity contribution is -0.124. The minimum atomic E-state index is -0.457. The number of hydrogen-bond acceptors (Lipinski definition) is 3. The van der Waals surface area contributed by atoms with Crippen molar-refractivity contribution in [3.63, 3.8) is 0 Å². The molecule has 0 heterocycles. The maximum Gasteiger partial charge on any atom is 0.237 e. The molecule has 4 heteroatoms. The first-order valence-electron chi connectivity index (χ1n) is 7.67. The number of ether oxygens (including phenoxy) is 1. The maximum atomic E-state index is 12.1. The molecule has 3 N–H and O–H groups in total. The Bertz CT molecular complexity index is 443. The van der Waals surface area contributed by atoms with Crippen LogP contribution in [0.15, 0.2) is 24.3 Å². The van der Waals surface area contributed by atoms with Gasteiger partial charge in [-0.15, -0.1) is 0 Å². The lowest BCUT2D eigenvalue weighted by atomic mass is 9.98. The van der Waals surface area contributed by atoms with Gasteiger partial charge in [0.05, 0.1) is 18.2 Å². The third-order valence-corrected chi connectivity index (χ3v) is 3.67. The Kier molecular flexibility index (Phi) is 6.69. The Morgan fingerprint density at radius 2 is 1.76 bits per heavy atom. The molecule has 3 atom stereocenters. The zero-order valence-electron chi connectivity index (χ0n) is 13.7. The van der Waals surface area contributed by atoms with Gasteiger partial charge in [0, 0.05) is 0 Å². The second-order valence-electron chi connectivity index (χ2n) is 5.88. The van der Waals surface area contributed by atoms with Gasteiger partial charge >= 0.3 is 0 Å². The molecule has 21 heavy (non-hydrogen) atoms. The Labute approximate surface area is 128 Å². The summed E-state index contributed by atoms with van der Waals surface area (Å²) in [6, 6.07) is 7.26. The Hall–Kier alpha value is -1.55. The average Bonchev–Trinajstić information content (AvgIpc) is 2.45. The van der Waals surface area contributed by atoms with E-state index in [1.54, 1.807) is 0 Å². The van der Waals surface area contributed by atoms with Crippen LogP contribution in [0.3, 0.4) is 0 Å². The molecule has 0 fully saturated rings. The summed E-state index contributed by atoms with van der Waals surface area (Å²) >= 11 is 0. The summed E-state index contributed by atoms with van der Waals surface area (Å²) in [5, 5.41) is 2.97. The molecule has 1 amide bonds. The number of carbonyl (C=O) groups is 1. The normalized spacial score (nSPS) is 15.4. The van der Waals surface area contributed by atoms with E-state index in [0.717, 1.165) is 17.7 Å². The number of benzene rings is 1. The van der Waals surface area contributed by atoms with Crippen LogP contribution in [-0.4, -0.2) is 18.1 Å². The third-order valence-electron chi connectivity index (χ3n) is 3.67. The van der Waals surface area contributed by atoms with Gasteiger partial charge in [0.2, 0.25) is 5.91 Å². The van der Waals surface area contributed by atoms with Crippen LogP contribution in [0.1, 0.15) is 52.6 Å². The highest BCUT2D eigenvalue weighted by atomic mass is 16.5. The van der Waals surface area contributed by atoms with Crippen molar-refractivity contribution >= 4 is 5.91 Å². The molecular weight excluding hydrogens is 264 g/mol. The number of nitrogens with two attached hydrogens (primary N) is 1. The zero-order chi connectivity index (χ0) is 16.0. The lowest BCUT2D eigenvalue weighted by Gasteiger charge is -2.21. The number of amides is 1. The second kappa shape index (κ2) is 8.03. The van der Waals surface area contributed by atoms with Crippen molar-refractivity contribution in [1.29, 1.82) is 0 Å². The molecular formula is C17H28N2O2. The molecule has 0 aliphatic carbocycles. The number of carbonyl (C=O) groups excluding carboxylic acids is 1. The summed E-state index contributed by atoms with van der Waals surface area (Å²) in [5.74, 6) is 0.918. The molecule has 0 aliphatic heterocycles. The van der Waals surface area contributed by atoms with Gasteiger partial charge in [-0.25, -0.2) is 0 Å². The van der Waals surface area contributed by atoms with Crippen LogP contribution in [-0.2, 0) is 4.79 Å². The quantitative estimate of drug-likeness (QED) is 0.812. The van der Waals surface area contributed by atoms with E-state index in [-0.39, 0.29) is 24.0 Å². The lowest BCUT2D eigenvalue weighted by Crippen LogP contribution is -2.45. The SMILES string of the molecule is CCC(C)[C@H](N)C(=O)NC(C)c1ccc(OC(C)C)cc1. The fraction of sp³-hybridized carbons (Fsp3) is 0.588. The van der Waals surface area contributed by atoms with Crippen molar-refractivity contribution < 1.29 is 9.53 Å². The van der Waals surface area contributed by atoms with Crippen molar-refractivity contribution in [1.82, 2.24) is 5.32 Å². The third kappa shape index (κ3) is 5.38. The van der Waals surface area contributed by atoms with E-state index in [9.17, 15) is 4.79 Å². The van der Waals surface area contributed by atoms with Gasteiger partial charge in [-0.3, -0.25) is 4.79 Å². The van der Waals surface area contributed by atoms with Gasteiger partial charge in [0.15, 0.2) is 0 Å². The summed E-state index contributed by atoms with van der Waals surface area (Å²) in [7, 11) is 0. The predicted molar refractivity (Wildman–Crippen MR) is 86.2 cm³/mol. The Balaban J connectivity index is 2.63. The fourth-order valence-corrected chi connectivity index (χ4v) is 2.01. The number of nitrogens with one attached hydrogen (secondary N) is 1. The van der Waals surface area contributed by atoms with Crippen molar-refractivity contribution in [3.05, 3.63) is 29.8 Å². The summed E-state index contributed by atoms with van der Waals surface area (Å²) in [4.78, 5) is 12.1. The molecule has 0 aromatic heterocycles. The standard InChI is InChI=1S/C17H28N2O2/c1-6-12(4)16(18)17(20)19-13(5)14-7-9-15(10-8-14)21-11(2)3/h7-13,16H,6,18H2,1-5H3,(H,19,20)/t12?,13?,16-/m0/s1. The highest BCUT2D eigenvalue weighted by Crippen LogP contribution is 2.19. The van der Waals surface area contributed by atoms with Crippen molar-refractivity contribution in [2.24, 2.45) is 11.7 Å². The van der Waals surface area contributed by atoms with E-state index in [1.165, 1.54) is 0 Å². The van der Waals surface area contributed by atoms with Crippen LogP contribution in [0.2, 0.25) is 0 Å². The largest absolute Gasteiger partial charge is 0.491 e. The van der Waals surface area contributed by atoms with Crippen molar-refractivity contribution in [3.8, 4) is 5.75 Å². The molecule has 1 aromatic carbocycles. The van der Waals surface area contributed by atoms with Gasteiger partial charge in [0.1, 0.15) is 5.75 Å². The highest BCUT2D eigenvalue weighted by molar-refractivity contribution is 5.82. The Morgan fingerprint density at radius 1 is 1.19 bits per heavy atom. The minimum absolute atomic E-state index is 0.0688. The van der Waals surface area contributed by atoms with Crippen LogP contribution in [0.4, 0.5) is 0 Å². The number of rotatable bonds is 7. The summed E-state index contributed by atoms with van der Waals surface area (Å²) in [5.41, 5.74) is 6.98. The molecule has 1 rings (SSSR count). The molecule has 0 radical (unpaired) electrons. The van der Waals surface area contributed by atoms with Gasteiger partial charge < -0.3 is 15.8 Å². The zero-order valence-corrected chi connectivity index (χ0v) is 13.7. The van der Waals surface area contributed by atoms with Crippen molar-refractivity contribution in [2.75, 3.05) is 0 Å². The molecule has 2 unspecified atom stereocenters. The predicted octanol–water partition coefficient (Wildman–Crippen LogP) is 3.02. The van der Waals surface area contributed by atoms with E-state index in [2.05, 4.69) is 5.32 Å². The number of hydrogen-bond donors (Lipinski definition) is 2. The van der Waals surface area contributed by atoms with Crippen LogP contribution in [0.5, 0.6) is 5.75 Å². The van der Waals surface area contributed by atoms with Crippen LogP contribution in [0.25, 0.3) is 0 Å². The van der Waals surface area contributed by atoms with E-state index in [4.69, 9.17) is 10.5 Å². The topological polar surface area (TPSA) is 64.4 Å². The molecule has 118 valence electrons. The highest BCUT2D eigenvalue weighted by Gasteiger charge is 2.21. The second-order valence-corrected chi connectivity index (χ2v) is 5.88. The summed E-state index contributed by atoms with van der Waals surface area (Å²) < 4.78 is 5.61. The minimum Gasteiger partial charge on any atom is -0.491 e. The molecule has 0 aliphatic rings. The van der Waals surface area contributed by atoms with Gasteiger partial charge in [-0.1, -0.05) is 32.4 Å². The van der Waals surface area contributed by atoms with E-state index >= 15 is 0 Å². The first-order chi connectivity index (χ1) is 9.85. The fourth-order valence-electron chi connectivity index (χ4n) is 2.01. The van der Waals surface area contributed by atoms with E-state index in [1.807, 2.05) is 58.9 Å². The van der Waals surface area contributed by atoms with Gasteiger partial charge in [-0.05, 0) is 44.4 Å². The molecule has 0 bridgehead atoms. The maximum absolute atomic E-state index is 12.1. The molecule has 0 saturated heterocycles. The molecule has 4 nitrogen and oxygen atoms in total. The van der Waals surface area contributed by atoms with Crippen molar-refractivity contribution in [2.45, 2.75) is 59.2 Å². The molecule has 0 spiro atoms. The smallest absolute Gasteiger partial charge is 0.237 e.